The first kappa shape index (κ1) is 9.55. The Hall–Kier alpha value is -0.540. The quantitative estimate of drug-likeness (QED) is 0.736. The van der Waals surface area contributed by atoms with E-state index in [2.05, 4.69) is 6.07 Å². The average Bonchev–Trinajstić information content (AvgIpc) is 2.05. The molecule has 0 saturated heterocycles. The Morgan fingerprint density at radius 3 is 2.75 bits per heavy atom. The van der Waals surface area contributed by atoms with Crippen molar-refractivity contribution >= 4 is 21.4 Å². The zero-order valence-electron chi connectivity index (χ0n) is 6.54. The van der Waals surface area contributed by atoms with Gasteiger partial charge in [0, 0.05) is 11.1 Å². The summed E-state index contributed by atoms with van der Waals surface area (Å²) in [4.78, 5) is 0.258. The molecule has 0 fully saturated rings. The molecule has 0 aliphatic rings. The SMILES string of the molecule is CCS(=O)(=O)c1cc[c]c(Cl)c1. The Bertz CT molecular complexity index is 370. The molecule has 0 unspecified atom stereocenters. The number of halogens is 1. The van der Waals surface area contributed by atoms with Crippen LogP contribution in [0.3, 0.4) is 0 Å². The van der Waals surface area contributed by atoms with Gasteiger partial charge in [-0.2, -0.15) is 0 Å². The van der Waals surface area contributed by atoms with E-state index in [9.17, 15) is 8.42 Å². The summed E-state index contributed by atoms with van der Waals surface area (Å²) in [6.45, 7) is 1.60. The maximum atomic E-state index is 11.3. The third-order valence-electron chi connectivity index (χ3n) is 1.48. The van der Waals surface area contributed by atoms with Crippen LogP contribution in [-0.2, 0) is 9.84 Å². The molecule has 0 saturated carbocycles. The molecule has 1 aromatic rings. The second kappa shape index (κ2) is 3.46. The molecule has 0 atom stereocenters. The van der Waals surface area contributed by atoms with Crippen molar-refractivity contribution in [2.75, 3.05) is 5.75 Å². The molecule has 2 nitrogen and oxygen atoms in total. The lowest BCUT2D eigenvalue weighted by Crippen LogP contribution is -2.02. The van der Waals surface area contributed by atoms with E-state index in [0.717, 1.165) is 0 Å². The van der Waals surface area contributed by atoms with Crippen molar-refractivity contribution in [2.45, 2.75) is 11.8 Å². The molecule has 0 aromatic heterocycles. The summed E-state index contributed by atoms with van der Waals surface area (Å²) >= 11 is 5.59. The second-order valence-electron chi connectivity index (χ2n) is 2.28. The van der Waals surface area contributed by atoms with Gasteiger partial charge in [0.2, 0.25) is 0 Å². The zero-order chi connectivity index (χ0) is 9.19. The maximum Gasteiger partial charge on any atom is 0.178 e. The molecule has 12 heavy (non-hydrogen) atoms. The van der Waals surface area contributed by atoms with E-state index in [-0.39, 0.29) is 10.6 Å². The summed E-state index contributed by atoms with van der Waals surface area (Å²) in [5.41, 5.74) is 0. The van der Waals surface area contributed by atoms with Crippen LogP contribution in [0.2, 0.25) is 5.02 Å². The van der Waals surface area contributed by atoms with Gasteiger partial charge in [0.1, 0.15) is 0 Å². The van der Waals surface area contributed by atoms with E-state index < -0.39 is 9.84 Å². The largest absolute Gasteiger partial charge is 0.224 e. The summed E-state index contributed by atoms with van der Waals surface area (Å²) in [5, 5.41) is 0.324. The highest BCUT2D eigenvalue weighted by atomic mass is 35.5. The highest BCUT2D eigenvalue weighted by molar-refractivity contribution is 7.91. The predicted molar refractivity (Wildman–Crippen MR) is 48.0 cm³/mol. The fourth-order valence-corrected chi connectivity index (χ4v) is 1.93. The van der Waals surface area contributed by atoms with E-state index >= 15 is 0 Å². The first-order valence-electron chi connectivity index (χ1n) is 3.46. The van der Waals surface area contributed by atoms with E-state index in [1.54, 1.807) is 6.92 Å². The molecule has 0 N–H and O–H groups in total. The minimum atomic E-state index is -3.13. The van der Waals surface area contributed by atoms with E-state index in [4.69, 9.17) is 11.6 Å². The Morgan fingerprint density at radius 2 is 2.25 bits per heavy atom. The highest BCUT2D eigenvalue weighted by Crippen LogP contribution is 2.15. The first-order chi connectivity index (χ1) is 5.56. The fourth-order valence-electron chi connectivity index (χ4n) is 0.778. The van der Waals surface area contributed by atoms with Gasteiger partial charge >= 0.3 is 0 Å². The van der Waals surface area contributed by atoms with Crippen LogP contribution in [0.1, 0.15) is 6.92 Å². The highest BCUT2D eigenvalue weighted by Gasteiger charge is 2.10. The molecule has 0 spiro atoms. The number of sulfone groups is 1. The lowest BCUT2D eigenvalue weighted by molar-refractivity contribution is 0.597. The van der Waals surface area contributed by atoms with Crippen LogP contribution in [0.5, 0.6) is 0 Å². The van der Waals surface area contributed by atoms with Crippen LogP contribution in [0.4, 0.5) is 0 Å². The van der Waals surface area contributed by atoms with E-state index in [1.807, 2.05) is 0 Å². The lowest BCUT2D eigenvalue weighted by Gasteiger charge is -1.99. The normalized spacial score (nSPS) is 11.5. The average molecular weight is 204 g/mol. The molecule has 0 amide bonds. The van der Waals surface area contributed by atoms with Gasteiger partial charge in [-0.05, 0) is 12.1 Å². The van der Waals surface area contributed by atoms with Gasteiger partial charge in [0.15, 0.2) is 9.84 Å². The maximum absolute atomic E-state index is 11.3. The fraction of sp³-hybridized carbons (Fsp3) is 0.250. The van der Waals surface area contributed by atoms with Gasteiger partial charge < -0.3 is 0 Å². The van der Waals surface area contributed by atoms with Crippen molar-refractivity contribution in [3.63, 3.8) is 0 Å². The predicted octanol–water partition coefficient (Wildman–Crippen LogP) is 1.93. The van der Waals surface area contributed by atoms with Crippen LogP contribution in [0.15, 0.2) is 23.1 Å². The summed E-state index contributed by atoms with van der Waals surface area (Å²) in [6, 6.07) is 7.07. The minimum Gasteiger partial charge on any atom is -0.224 e. The van der Waals surface area contributed by atoms with Gasteiger partial charge in [-0.15, -0.1) is 0 Å². The molecule has 4 heteroatoms. The Balaban J connectivity index is 3.21. The molecule has 65 valence electrons. The van der Waals surface area contributed by atoms with Crippen LogP contribution < -0.4 is 0 Å². The van der Waals surface area contributed by atoms with Gasteiger partial charge in [-0.1, -0.05) is 24.6 Å². The third kappa shape index (κ3) is 1.99. The standard InChI is InChI=1S/C8H8ClO2S/c1-2-12(10,11)8-5-3-4-7(9)6-8/h3,5-6H,2H2,1H3. The van der Waals surface area contributed by atoms with Crippen molar-refractivity contribution in [2.24, 2.45) is 0 Å². The molecule has 0 heterocycles. The van der Waals surface area contributed by atoms with Crippen molar-refractivity contribution < 1.29 is 8.42 Å². The monoisotopic (exact) mass is 203 g/mol. The summed E-state index contributed by atoms with van der Waals surface area (Å²) < 4.78 is 22.6. The number of rotatable bonds is 2. The van der Waals surface area contributed by atoms with Crippen molar-refractivity contribution in [3.05, 3.63) is 29.3 Å². The van der Waals surface area contributed by atoms with E-state index in [1.165, 1.54) is 18.2 Å². The smallest absolute Gasteiger partial charge is 0.178 e. The topological polar surface area (TPSA) is 34.1 Å². The van der Waals surface area contributed by atoms with Gasteiger partial charge in [-0.3, -0.25) is 0 Å². The molecule has 0 aliphatic heterocycles. The summed E-state index contributed by atoms with van der Waals surface area (Å²) in [6.07, 6.45) is 0. The molecule has 1 rings (SSSR count). The second-order valence-corrected chi connectivity index (χ2v) is 4.96. The van der Waals surface area contributed by atoms with Crippen LogP contribution in [0, 0.1) is 6.07 Å². The van der Waals surface area contributed by atoms with Crippen molar-refractivity contribution in [3.8, 4) is 0 Å². The molecular formula is C8H8ClO2S. The molecule has 0 bridgehead atoms. The minimum absolute atomic E-state index is 0.0906. The van der Waals surface area contributed by atoms with Crippen LogP contribution in [-0.4, -0.2) is 14.2 Å². The van der Waals surface area contributed by atoms with Gasteiger partial charge in [-0.25, -0.2) is 8.42 Å². The molecule has 1 radical (unpaired) electrons. The lowest BCUT2D eigenvalue weighted by atomic mass is 10.4. The molecular weight excluding hydrogens is 196 g/mol. The third-order valence-corrected chi connectivity index (χ3v) is 3.43. The van der Waals surface area contributed by atoms with Gasteiger partial charge in [0.25, 0.3) is 0 Å². The number of hydrogen-bond acceptors (Lipinski definition) is 2. The Kier molecular flexibility index (Phi) is 2.75. The zero-order valence-corrected chi connectivity index (χ0v) is 8.11. The number of benzene rings is 1. The van der Waals surface area contributed by atoms with Crippen LogP contribution >= 0.6 is 11.6 Å². The first-order valence-corrected chi connectivity index (χ1v) is 5.49. The van der Waals surface area contributed by atoms with Gasteiger partial charge in [0.05, 0.1) is 10.6 Å². The molecule has 0 aliphatic carbocycles. The molecule has 1 aromatic carbocycles. The van der Waals surface area contributed by atoms with E-state index in [0.29, 0.717) is 5.02 Å². The number of hydrogen-bond donors (Lipinski definition) is 0. The Labute approximate surface area is 77.1 Å². The summed E-state index contributed by atoms with van der Waals surface area (Å²) in [7, 11) is -3.13. The van der Waals surface area contributed by atoms with Crippen LogP contribution in [0.25, 0.3) is 0 Å². The van der Waals surface area contributed by atoms with Crippen molar-refractivity contribution in [1.82, 2.24) is 0 Å². The summed E-state index contributed by atoms with van der Waals surface area (Å²) in [5.74, 6) is 0.0906. The van der Waals surface area contributed by atoms with Crippen molar-refractivity contribution in [1.29, 1.82) is 0 Å². The Morgan fingerprint density at radius 1 is 1.58 bits per heavy atom.